The van der Waals surface area contributed by atoms with Gasteiger partial charge in [0.15, 0.2) is 0 Å². The van der Waals surface area contributed by atoms with Crippen molar-refractivity contribution in [2.24, 2.45) is 0 Å². The number of carbonyl (C=O) groups excluding carboxylic acids is 1. The number of amides is 1. The number of carbonyl (C=O) groups is 1. The quantitative estimate of drug-likeness (QED) is 0.685. The highest BCUT2D eigenvalue weighted by Crippen LogP contribution is 2.29. The minimum absolute atomic E-state index is 0.0261. The van der Waals surface area contributed by atoms with Crippen molar-refractivity contribution in [3.63, 3.8) is 0 Å². The zero-order valence-electron chi connectivity index (χ0n) is 17.4. The topological polar surface area (TPSA) is 48.5 Å². The molecule has 2 heterocycles. The number of nitrogens with zero attached hydrogens (tertiary/aromatic N) is 3. The molecule has 1 N–H and O–H groups in total. The molecule has 0 atom stereocenters. The maximum Gasteiger partial charge on any atom is 0.272 e. The molecule has 0 spiro atoms. The second kappa shape index (κ2) is 8.11. The third-order valence-corrected chi connectivity index (χ3v) is 5.49. The first-order valence-corrected chi connectivity index (χ1v) is 10.3. The summed E-state index contributed by atoms with van der Waals surface area (Å²) in [4.78, 5) is 21.8. The van der Waals surface area contributed by atoms with Crippen molar-refractivity contribution < 1.29 is 4.79 Å². The number of likely N-dealkylation sites (tertiary alicyclic amines) is 1. The largest absolute Gasteiger partial charge is 0.378 e. The lowest BCUT2D eigenvalue weighted by atomic mass is 10.1. The van der Waals surface area contributed by atoms with Crippen LogP contribution in [0.1, 0.15) is 35.3 Å². The van der Waals surface area contributed by atoms with E-state index in [9.17, 15) is 4.79 Å². The molecule has 1 amide bonds. The fraction of sp³-hybridized carbons (Fsp3) is 0.333. The van der Waals surface area contributed by atoms with E-state index in [4.69, 9.17) is 4.98 Å². The van der Waals surface area contributed by atoms with E-state index < -0.39 is 0 Å². The third-order valence-electron chi connectivity index (χ3n) is 5.49. The molecular formula is C24H28N4O. The SMILES string of the molecule is Cc1ccc2nc(C(=O)N3CCCCC3)cc(Nc3ccc(N(C)C)cc3)c2c1. The molecule has 0 aliphatic carbocycles. The van der Waals surface area contributed by atoms with Crippen molar-refractivity contribution in [1.29, 1.82) is 0 Å². The molecule has 0 unspecified atom stereocenters. The molecule has 1 fully saturated rings. The van der Waals surface area contributed by atoms with Crippen molar-refractivity contribution in [3.8, 4) is 0 Å². The van der Waals surface area contributed by atoms with Crippen LogP contribution in [0.4, 0.5) is 17.1 Å². The minimum atomic E-state index is 0.0261. The number of anilines is 3. The highest BCUT2D eigenvalue weighted by molar-refractivity contribution is 6.00. The van der Waals surface area contributed by atoms with Crippen molar-refractivity contribution in [2.45, 2.75) is 26.2 Å². The standard InChI is InChI=1S/C24H28N4O/c1-17-7-12-21-20(15-17)22(25-18-8-10-19(11-9-18)27(2)3)16-23(26-21)24(29)28-13-5-4-6-14-28/h7-12,15-16H,4-6,13-14H2,1-3H3,(H,25,26). The molecule has 29 heavy (non-hydrogen) atoms. The summed E-state index contributed by atoms with van der Waals surface area (Å²) in [7, 11) is 4.06. The van der Waals surface area contributed by atoms with E-state index in [0.29, 0.717) is 5.69 Å². The first-order valence-electron chi connectivity index (χ1n) is 10.3. The van der Waals surface area contributed by atoms with Crippen LogP contribution in [0.5, 0.6) is 0 Å². The highest BCUT2D eigenvalue weighted by Gasteiger charge is 2.21. The Hall–Kier alpha value is -3.08. The van der Waals surface area contributed by atoms with Crippen molar-refractivity contribution in [3.05, 3.63) is 59.8 Å². The second-order valence-corrected chi connectivity index (χ2v) is 7.99. The number of aryl methyl sites for hydroxylation is 1. The number of nitrogens with one attached hydrogen (secondary N) is 1. The van der Waals surface area contributed by atoms with Gasteiger partial charge in [0.05, 0.1) is 11.2 Å². The first-order chi connectivity index (χ1) is 14.0. The molecule has 1 saturated heterocycles. The molecule has 0 radical (unpaired) electrons. The predicted molar refractivity (Wildman–Crippen MR) is 120 cm³/mol. The van der Waals surface area contributed by atoms with Crippen molar-refractivity contribution >= 4 is 33.9 Å². The maximum atomic E-state index is 13.1. The summed E-state index contributed by atoms with van der Waals surface area (Å²) >= 11 is 0. The van der Waals surface area contributed by atoms with E-state index in [0.717, 1.165) is 53.9 Å². The van der Waals surface area contributed by atoms with Gasteiger partial charge < -0.3 is 15.1 Å². The van der Waals surface area contributed by atoms with Crippen LogP contribution in [0.25, 0.3) is 10.9 Å². The number of piperidine rings is 1. The molecule has 1 aliphatic rings. The van der Waals surface area contributed by atoms with E-state index in [2.05, 4.69) is 47.5 Å². The Morgan fingerprint density at radius 3 is 2.41 bits per heavy atom. The van der Waals surface area contributed by atoms with Gasteiger partial charge in [-0.2, -0.15) is 0 Å². The Morgan fingerprint density at radius 1 is 1.00 bits per heavy atom. The molecule has 4 rings (SSSR count). The van der Waals surface area contributed by atoms with Crippen LogP contribution in [-0.4, -0.2) is 43.0 Å². The molecule has 5 heteroatoms. The Morgan fingerprint density at radius 2 is 1.72 bits per heavy atom. The smallest absolute Gasteiger partial charge is 0.272 e. The highest BCUT2D eigenvalue weighted by atomic mass is 16.2. The summed E-state index contributed by atoms with van der Waals surface area (Å²) in [6, 6.07) is 16.3. The average Bonchev–Trinajstić information content (AvgIpc) is 2.74. The summed E-state index contributed by atoms with van der Waals surface area (Å²) in [5.41, 5.74) is 5.56. The molecule has 5 nitrogen and oxygen atoms in total. The second-order valence-electron chi connectivity index (χ2n) is 7.99. The van der Waals surface area contributed by atoms with Crippen LogP contribution in [-0.2, 0) is 0 Å². The monoisotopic (exact) mass is 388 g/mol. The summed E-state index contributed by atoms with van der Waals surface area (Å²) in [6.07, 6.45) is 3.34. The van der Waals surface area contributed by atoms with Gasteiger partial charge in [-0.1, -0.05) is 11.6 Å². The van der Waals surface area contributed by atoms with Gasteiger partial charge in [-0.25, -0.2) is 4.98 Å². The average molecular weight is 389 g/mol. The molecule has 1 aliphatic heterocycles. The van der Waals surface area contributed by atoms with Gasteiger partial charge in [-0.3, -0.25) is 4.79 Å². The molecular weight excluding hydrogens is 360 g/mol. The van der Waals surface area contributed by atoms with Crippen LogP contribution < -0.4 is 10.2 Å². The fourth-order valence-electron chi connectivity index (χ4n) is 3.81. The fourth-order valence-corrected chi connectivity index (χ4v) is 3.81. The van der Waals surface area contributed by atoms with E-state index in [-0.39, 0.29) is 5.91 Å². The summed E-state index contributed by atoms with van der Waals surface area (Å²) in [5.74, 6) is 0.0261. The maximum absolute atomic E-state index is 13.1. The Bertz CT molecular complexity index is 1020. The summed E-state index contributed by atoms with van der Waals surface area (Å²) in [5, 5.41) is 4.53. The van der Waals surface area contributed by atoms with Crippen LogP contribution in [0.15, 0.2) is 48.5 Å². The number of rotatable bonds is 4. The van der Waals surface area contributed by atoms with E-state index in [1.807, 2.05) is 37.2 Å². The number of benzene rings is 2. The molecule has 0 bridgehead atoms. The Balaban J connectivity index is 1.72. The van der Waals surface area contributed by atoms with Crippen LogP contribution in [0.2, 0.25) is 0 Å². The van der Waals surface area contributed by atoms with Crippen molar-refractivity contribution in [1.82, 2.24) is 9.88 Å². The van der Waals surface area contributed by atoms with Gasteiger partial charge in [0.25, 0.3) is 5.91 Å². The number of fused-ring (bicyclic) bond motifs is 1. The summed E-state index contributed by atoms with van der Waals surface area (Å²) in [6.45, 7) is 3.71. The van der Waals surface area contributed by atoms with Gasteiger partial charge >= 0.3 is 0 Å². The zero-order valence-corrected chi connectivity index (χ0v) is 17.4. The lowest BCUT2D eigenvalue weighted by Gasteiger charge is -2.26. The number of pyridine rings is 1. The number of aromatic nitrogens is 1. The van der Waals surface area contributed by atoms with Gasteiger partial charge in [0.1, 0.15) is 5.69 Å². The molecule has 1 aromatic heterocycles. The Labute approximate surface area is 172 Å². The molecule has 0 saturated carbocycles. The van der Waals surface area contributed by atoms with Crippen LogP contribution in [0.3, 0.4) is 0 Å². The predicted octanol–water partition coefficient (Wildman–Crippen LogP) is 4.98. The number of hydrogen-bond acceptors (Lipinski definition) is 4. The lowest BCUT2D eigenvalue weighted by Crippen LogP contribution is -2.36. The molecule has 3 aromatic rings. The van der Waals surface area contributed by atoms with Crippen LogP contribution >= 0.6 is 0 Å². The van der Waals surface area contributed by atoms with Crippen molar-refractivity contribution in [2.75, 3.05) is 37.4 Å². The van der Waals surface area contributed by atoms with E-state index >= 15 is 0 Å². The van der Waals surface area contributed by atoms with Gasteiger partial charge in [0, 0.05) is 43.9 Å². The van der Waals surface area contributed by atoms with E-state index in [1.165, 1.54) is 12.0 Å². The summed E-state index contributed by atoms with van der Waals surface area (Å²) < 4.78 is 0. The molecule has 2 aromatic carbocycles. The van der Waals surface area contributed by atoms with Gasteiger partial charge in [-0.15, -0.1) is 0 Å². The van der Waals surface area contributed by atoms with E-state index in [1.54, 1.807) is 0 Å². The zero-order chi connectivity index (χ0) is 20.4. The first kappa shape index (κ1) is 19.2. The lowest BCUT2D eigenvalue weighted by molar-refractivity contribution is 0.0719. The minimum Gasteiger partial charge on any atom is -0.378 e. The van der Waals surface area contributed by atoms with Gasteiger partial charge in [0.2, 0.25) is 0 Å². The van der Waals surface area contributed by atoms with Crippen LogP contribution in [0, 0.1) is 6.92 Å². The third kappa shape index (κ3) is 4.19. The number of hydrogen-bond donors (Lipinski definition) is 1. The Kier molecular flexibility index (Phi) is 5.38. The normalized spacial score (nSPS) is 14.1. The molecule has 150 valence electrons. The van der Waals surface area contributed by atoms with Gasteiger partial charge in [-0.05, 0) is 68.7 Å².